The molecule has 0 saturated carbocycles. The van der Waals surface area contributed by atoms with E-state index in [-0.39, 0.29) is 11.7 Å². The van der Waals surface area contributed by atoms with E-state index < -0.39 is 0 Å². The van der Waals surface area contributed by atoms with Gasteiger partial charge in [0.05, 0.1) is 15.9 Å². The van der Waals surface area contributed by atoms with E-state index >= 15 is 0 Å². The van der Waals surface area contributed by atoms with Gasteiger partial charge >= 0.3 is 0 Å². The van der Waals surface area contributed by atoms with E-state index in [4.69, 9.17) is 4.42 Å². The molecule has 2 aromatic heterocycles. The highest BCUT2D eigenvalue weighted by atomic mass is 79.9. The molecule has 5 nitrogen and oxygen atoms in total. The van der Waals surface area contributed by atoms with Crippen LogP contribution >= 0.6 is 15.9 Å². The maximum atomic E-state index is 12.1. The second-order valence-corrected chi connectivity index (χ2v) is 4.60. The van der Waals surface area contributed by atoms with Gasteiger partial charge in [0.1, 0.15) is 0 Å². The van der Waals surface area contributed by atoms with Gasteiger partial charge in [0.2, 0.25) is 5.76 Å². The number of hydrogen-bond acceptors (Lipinski definition) is 4. The first kappa shape index (κ1) is 12.8. The molecule has 0 aliphatic rings. The molecule has 18 heavy (non-hydrogen) atoms. The summed E-state index contributed by atoms with van der Waals surface area (Å²) in [4.78, 5) is 20.1. The number of aryl methyl sites for hydroxylation is 2. The van der Waals surface area contributed by atoms with Crippen molar-refractivity contribution in [3.05, 3.63) is 40.3 Å². The van der Waals surface area contributed by atoms with Gasteiger partial charge in [0.25, 0.3) is 5.91 Å². The van der Waals surface area contributed by atoms with Gasteiger partial charge in [0, 0.05) is 12.4 Å². The molecule has 94 valence electrons. The fourth-order valence-corrected chi connectivity index (χ4v) is 2.10. The van der Waals surface area contributed by atoms with Crippen molar-refractivity contribution < 1.29 is 9.21 Å². The van der Waals surface area contributed by atoms with Gasteiger partial charge in [-0.05, 0) is 34.8 Å². The van der Waals surface area contributed by atoms with Crippen LogP contribution in [0.3, 0.4) is 0 Å². The molecular weight excluding hydrogens is 298 g/mol. The summed E-state index contributed by atoms with van der Waals surface area (Å²) in [5, 5.41) is 2.80. The molecule has 2 aromatic rings. The summed E-state index contributed by atoms with van der Waals surface area (Å²) in [5.74, 6) is -0.0556. The van der Waals surface area contributed by atoms with Crippen LogP contribution in [-0.2, 0) is 6.42 Å². The molecule has 0 radical (unpaired) electrons. The molecule has 6 heteroatoms. The predicted molar refractivity (Wildman–Crippen MR) is 70.5 cm³/mol. The number of halogens is 1. The molecule has 0 unspecified atom stereocenters. The van der Waals surface area contributed by atoms with Gasteiger partial charge in [0.15, 0.2) is 6.39 Å². The first-order valence-electron chi connectivity index (χ1n) is 5.47. The highest BCUT2D eigenvalue weighted by Crippen LogP contribution is 2.25. The quantitative estimate of drug-likeness (QED) is 0.946. The zero-order valence-electron chi connectivity index (χ0n) is 10.0. The van der Waals surface area contributed by atoms with Crippen molar-refractivity contribution in [1.82, 2.24) is 9.97 Å². The topological polar surface area (TPSA) is 68.0 Å². The summed E-state index contributed by atoms with van der Waals surface area (Å²) in [6.45, 7) is 3.79. The van der Waals surface area contributed by atoms with Gasteiger partial charge in [-0.1, -0.05) is 6.92 Å². The molecule has 2 rings (SSSR count). The Kier molecular flexibility index (Phi) is 3.76. The first-order chi connectivity index (χ1) is 8.63. The molecule has 1 amide bonds. The van der Waals surface area contributed by atoms with Crippen LogP contribution in [0.5, 0.6) is 0 Å². The fraction of sp³-hybridized carbons (Fsp3) is 0.250. The smallest absolute Gasteiger partial charge is 0.293 e. The summed E-state index contributed by atoms with van der Waals surface area (Å²) < 4.78 is 5.85. The van der Waals surface area contributed by atoms with Crippen molar-refractivity contribution in [3.63, 3.8) is 0 Å². The third-order valence-corrected chi connectivity index (χ3v) is 3.11. The summed E-state index contributed by atoms with van der Waals surface area (Å²) >= 11 is 3.35. The highest BCUT2D eigenvalue weighted by Gasteiger charge is 2.17. The lowest BCUT2D eigenvalue weighted by atomic mass is 10.2. The molecule has 2 heterocycles. The lowest BCUT2D eigenvalue weighted by molar-refractivity contribution is 0.0995. The van der Waals surface area contributed by atoms with Gasteiger partial charge in [-0.2, -0.15) is 0 Å². The van der Waals surface area contributed by atoms with Crippen molar-refractivity contribution in [2.24, 2.45) is 0 Å². The minimum Gasteiger partial charge on any atom is -0.438 e. The Morgan fingerprint density at radius 1 is 1.50 bits per heavy atom. The van der Waals surface area contributed by atoms with E-state index in [1.54, 1.807) is 12.4 Å². The predicted octanol–water partition coefficient (Wildman–Crippen LogP) is 2.96. The Bertz CT molecular complexity index is 560. The third kappa shape index (κ3) is 2.43. The molecular formula is C12H12BrN3O2. The minimum absolute atomic E-state index is 0.251. The Morgan fingerprint density at radius 3 is 2.94 bits per heavy atom. The monoisotopic (exact) mass is 309 g/mol. The molecule has 0 saturated heterocycles. The van der Waals surface area contributed by atoms with Crippen LogP contribution in [0.15, 0.2) is 27.7 Å². The number of pyridine rings is 1. The van der Waals surface area contributed by atoms with Crippen LogP contribution in [-0.4, -0.2) is 15.9 Å². The van der Waals surface area contributed by atoms with Crippen LogP contribution in [0.1, 0.15) is 28.7 Å². The van der Waals surface area contributed by atoms with Crippen LogP contribution in [0, 0.1) is 6.92 Å². The summed E-state index contributed by atoms with van der Waals surface area (Å²) in [6.07, 6.45) is 5.24. The Balaban J connectivity index is 2.27. The number of nitrogens with zero attached hydrogens (tertiary/aromatic N) is 2. The Morgan fingerprint density at radius 2 is 2.28 bits per heavy atom. The zero-order valence-corrected chi connectivity index (χ0v) is 11.6. The molecule has 1 N–H and O–H groups in total. The largest absolute Gasteiger partial charge is 0.438 e. The maximum absolute atomic E-state index is 12.1. The fourth-order valence-electron chi connectivity index (χ4n) is 1.57. The summed E-state index contributed by atoms with van der Waals surface area (Å²) in [5.41, 5.74) is 2.21. The SMILES string of the molecule is CCc1ncoc1C(=O)Nc1c(C)cncc1Br. The third-order valence-electron chi connectivity index (χ3n) is 2.51. The van der Waals surface area contributed by atoms with Crippen molar-refractivity contribution in [3.8, 4) is 0 Å². The molecule has 0 atom stereocenters. The summed E-state index contributed by atoms with van der Waals surface area (Å²) in [7, 11) is 0. The van der Waals surface area contributed by atoms with Crippen molar-refractivity contribution in [2.45, 2.75) is 20.3 Å². The van der Waals surface area contributed by atoms with Crippen LogP contribution in [0.2, 0.25) is 0 Å². The van der Waals surface area contributed by atoms with Crippen molar-refractivity contribution in [2.75, 3.05) is 5.32 Å². The number of carbonyl (C=O) groups is 1. The second kappa shape index (κ2) is 5.30. The van der Waals surface area contributed by atoms with E-state index in [1.807, 2.05) is 13.8 Å². The number of rotatable bonds is 3. The molecule has 0 aromatic carbocycles. The molecule has 0 spiro atoms. The maximum Gasteiger partial charge on any atom is 0.293 e. The Labute approximate surface area is 113 Å². The second-order valence-electron chi connectivity index (χ2n) is 3.75. The van der Waals surface area contributed by atoms with Gasteiger partial charge in [-0.25, -0.2) is 4.98 Å². The van der Waals surface area contributed by atoms with Gasteiger partial charge < -0.3 is 9.73 Å². The minimum atomic E-state index is -0.306. The average molecular weight is 310 g/mol. The number of aromatic nitrogens is 2. The van der Waals surface area contributed by atoms with Gasteiger partial charge in [-0.3, -0.25) is 9.78 Å². The average Bonchev–Trinajstić information content (AvgIpc) is 2.82. The lowest BCUT2D eigenvalue weighted by Crippen LogP contribution is -2.14. The molecule has 0 bridgehead atoms. The number of oxazole rings is 1. The number of hydrogen-bond donors (Lipinski definition) is 1. The van der Waals surface area contributed by atoms with E-state index in [0.717, 1.165) is 10.0 Å². The Hall–Kier alpha value is -1.69. The summed E-state index contributed by atoms with van der Waals surface area (Å²) in [6, 6.07) is 0. The standard InChI is InChI=1S/C12H12BrN3O2/c1-3-9-11(18-6-15-9)12(17)16-10-7(2)4-14-5-8(10)13/h4-6H,3H2,1-2H3,(H,14,16,17). The van der Waals surface area contributed by atoms with E-state index in [0.29, 0.717) is 17.8 Å². The number of amides is 1. The first-order valence-corrected chi connectivity index (χ1v) is 6.26. The number of nitrogens with one attached hydrogen (secondary N) is 1. The molecule has 0 aliphatic heterocycles. The van der Waals surface area contributed by atoms with Crippen LogP contribution in [0.4, 0.5) is 5.69 Å². The van der Waals surface area contributed by atoms with Crippen LogP contribution in [0.25, 0.3) is 0 Å². The lowest BCUT2D eigenvalue weighted by Gasteiger charge is -2.08. The van der Waals surface area contributed by atoms with Crippen molar-refractivity contribution >= 4 is 27.5 Å². The highest BCUT2D eigenvalue weighted by molar-refractivity contribution is 9.10. The molecule has 0 fully saturated rings. The van der Waals surface area contributed by atoms with Crippen molar-refractivity contribution in [1.29, 1.82) is 0 Å². The normalized spacial score (nSPS) is 10.4. The molecule has 0 aliphatic carbocycles. The van der Waals surface area contributed by atoms with E-state index in [1.165, 1.54) is 6.39 Å². The zero-order chi connectivity index (χ0) is 13.1. The van der Waals surface area contributed by atoms with Gasteiger partial charge in [-0.15, -0.1) is 0 Å². The number of carbonyl (C=O) groups excluding carboxylic acids is 1. The van der Waals surface area contributed by atoms with E-state index in [9.17, 15) is 4.79 Å². The number of anilines is 1. The van der Waals surface area contributed by atoms with Crippen LogP contribution < -0.4 is 5.32 Å². The van der Waals surface area contributed by atoms with E-state index in [2.05, 4.69) is 31.2 Å².